The van der Waals surface area contributed by atoms with Gasteiger partial charge in [-0.25, -0.2) is 0 Å². The van der Waals surface area contributed by atoms with Crippen LogP contribution in [0.25, 0.3) is 0 Å². The number of piperidine rings is 1. The van der Waals surface area contributed by atoms with Crippen LogP contribution in [-0.4, -0.2) is 18.2 Å². The summed E-state index contributed by atoms with van der Waals surface area (Å²) in [5.74, 6) is -0.0310. The van der Waals surface area contributed by atoms with Crippen LogP contribution in [0.15, 0.2) is 18.2 Å². The lowest BCUT2D eigenvalue weighted by Gasteiger charge is -2.27. The van der Waals surface area contributed by atoms with E-state index in [0.717, 1.165) is 16.8 Å². The molecule has 2 rings (SSSR count). The van der Waals surface area contributed by atoms with Crippen LogP contribution in [0.1, 0.15) is 24.0 Å². The molecule has 1 aromatic carbocycles. The van der Waals surface area contributed by atoms with E-state index in [1.807, 2.05) is 32.0 Å². The molecule has 84 valence electrons. The first-order valence-electron chi connectivity index (χ1n) is 5.47. The van der Waals surface area contributed by atoms with Gasteiger partial charge in [-0.2, -0.15) is 0 Å². The van der Waals surface area contributed by atoms with E-state index < -0.39 is 0 Å². The van der Waals surface area contributed by atoms with Gasteiger partial charge in [-0.15, -0.1) is 0 Å². The molecule has 0 radical (unpaired) electrons. The van der Waals surface area contributed by atoms with Crippen molar-refractivity contribution in [1.82, 2.24) is 0 Å². The third-order valence-corrected chi connectivity index (χ3v) is 2.92. The highest BCUT2D eigenvalue weighted by atomic mass is 16.2. The van der Waals surface area contributed by atoms with Crippen molar-refractivity contribution < 1.29 is 9.59 Å². The van der Waals surface area contributed by atoms with Crippen LogP contribution in [-0.2, 0) is 9.59 Å². The highest BCUT2D eigenvalue weighted by Gasteiger charge is 2.25. The highest BCUT2D eigenvalue weighted by Crippen LogP contribution is 2.24. The van der Waals surface area contributed by atoms with Crippen molar-refractivity contribution in [3.05, 3.63) is 29.3 Å². The van der Waals surface area contributed by atoms with Gasteiger partial charge in [0.25, 0.3) is 0 Å². The fraction of sp³-hybridized carbons (Fsp3) is 0.385. The smallest absolute Gasteiger partial charge is 0.234 e. The number of benzene rings is 1. The molecule has 0 spiro atoms. The Labute approximate surface area is 95.1 Å². The fourth-order valence-electron chi connectivity index (χ4n) is 1.98. The Kier molecular flexibility index (Phi) is 2.77. The molecule has 0 N–H and O–H groups in total. The number of ketones is 1. The molecule has 0 aromatic heterocycles. The first-order valence-corrected chi connectivity index (χ1v) is 5.47. The van der Waals surface area contributed by atoms with Gasteiger partial charge in [0, 0.05) is 18.7 Å². The molecule has 1 aromatic rings. The van der Waals surface area contributed by atoms with Crippen LogP contribution < -0.4 is 4.90 Å². The van der Waals surface area contributed by atoms with Crippen molar-refractivity contribution >= 4 is 17.4 Å². The maximum Gasteiger partial charge on any atom is 0.234 e. The van der Waals surface area contributed by atoms with Crippen molar-refractivity contribution in [2.24, 2.45) is 0 Å². The number of nitrogens with zero attached hydrogens (tertiary/aromatic N) is 1. The second kappa shape index (κ2) is 4.08. The number of aryl methyl sites for hydroxylation is 2. The third-order valence-electron chi connectivity index (χ3n) is 2.92. The van der Waals surface area contributed by atoms with Crippen LogP contribution in [0.3, 0.4) is 0 Å². The second-order valence-electron chi connectivity index (χ2n) is 4.30. The topological polar surface area (TPSA) is 37.4 Å². The lowest BCUT2D eigenvalue weighted by atomic mass is 10.0. The molecule has 3 nitrogen and oxygen atoms in total. The molecule has 16 heavy (non-hydrogen) atoms. The zero-order valence-electron chi connectivity index (χ0n) is 9.62. The summed E-state index contributed by atoms with van der Waals surface area (Å²) in [5, 5.41) is 0. The van der Waals surface area contributed by atoms with Gasteiger partial charge in [0.1, 0.15) is 5.78 Å². The molecule has 3 heteroatoms. The van der Waals surface area contributed by atoms with Gasteiger partial charge in [-0.3, -0.25) is 9.59 Å². The molecule has 1 aliphatic rings. The average molecular weight is 217 g/mol. The summed E-state index contributed by atoms with van der Waals surface area (Å²) in [6, 6.07) is 6.04. The predicted molar refractivity (Wildman–Crippen MR) is 62.5 cm³/mol. The Bertz CT molecular complexity index is 451. The van der Waals surface area contributed by atoms with Gasteiger partial charge < -0.3 is 4.90 Å². The minimum absolute atomic E-state index is 0.0477. The maximum atomic E-state index is 11.8. The zero-order chi connectivity index (χ0) is 11.7. The molecule has 0 saturated carbocycles. The van der Waals surface area contributed by atoms with E-state index in [9.17, 15) is 9.59 Å². The summed E-state index contributed by atoms with van der Waals surface area (Å²) in [6.45, 7) is 4.50. The van der Waals surface area contributed by atoms with Gasteiger partial charge in [0.05, 0.1) is 6.42 Å². The summed E-state index contributed by atoms with van der Waals surface area (Å²) in [5.41, 5.74) is 3.15. The molecule has 1 heterocycles. The number of hydrogen-bond donors (Lipinski definition) is 0. The molecule has 0 aliphatic carbocycles. The number of anilines is 1. The minimum atomic E-state index is -0.0787. The Balaban J connectivity index is 2.33. The number of hydrogen-bond acceptors (Lipinski definition) is 2. The molecular weight excluding hydrogens is 202 g/mol. The van der Waals surface area contributed by atoms with Crippen molar-refractivity contribution in [3.63, 3.8) is 0 Å². The van der Waals surface area contributed by atoms with Crippen molar-refractivity contribution in [1.29, 1.82) is 0 Å². The monoisotopic (exact) mass is 217 g/mol. The van der Waals surface area contributed by atoms with Crippen LogP contribution in [0.2, 0.25) is 0 Å². The quantitative estimate of drug-likeness (QED) is 0.675. The molecule has 1 amide bonds. The maximum absolute atomic E-state index is 11.8. The normalized spacial score (nSPS) is 16.8. The van der Waals surface area contributed by atoms with Gasteiger partial charge in [-0.1, -0.05) is 12.1 Å². The molecule has 1 aliphatic heterocycles. The Hall–Kier alpha value is -1.64. The Morgan fingerprint density at radius 3 is 2.62 bits per heavy atom. The lowest BCUT2D eigenvalue weighted by Crippen LogP contribution is -2.39. The van der Waals surface area contributed by atoms with E-state index in [1.54, 1.807) is 4.90 Å². The van der Waals surface area contributed by atoms with Gasteiger partial charge in [0.2, 0.25) is 5.91 Å². The molecule has 0 bridgehead atoms. The van der Waals surface area contributed by atoms with Gasteiger partial charge in [0.15, 0.2) is 0 Å². The molecule has 1 fully saturated rings. The first-order chi connectivity index (χ1) is 7.58. The molecule has 0 atom stereocenters. The lowest BCUT2D eigenvalue weighted by molar-refractivity contribution is -0.128. The van der Waals surface area contributed by atoms with Crippen LogP contribution in [0.4, 0.5) is 5.69 Å². The second-order valence-corrected chi connectivity index (χ2v) is 4.30. The summed E-state index contributed by atoms with van der Waals surface area (Å²) in [4.78, 5) is 24.7. The standard InChI is InChI=1S/C13H15NO2/c1-9-3-4-10(2)12(7-9)14-6-5-11(15)8-13(14)16/h3-4,7H,5-6,8H2,1-2H3. The van der Waals surface area contributed by atoms with Crippen LogP contribution in [0.5, 0.6) is 0 Å². The van der Waals surface area contributed by atoms with Crippen molar-refractivity contribution in [2.75, 3.05) is 11.4 Å². The van der Waals surface area contributed by atoms with E-state index in [4.69, 9.17) is 0 Å². The van der Waals surface area contributed by atoms with E-state index in [0.29, 0.717) is 13.0 Å². The highest BCUT2D eigenvalue weighted by molar-refractivity contribution is 6.08. The van der Waals surface area contributed by atoms with E-state index in [-0.39, 0.29) is 18.1 Å². The van der Waals surface area contributed by atoms with Crippen LogP contribution in [0, 0.1) is 13.8 Å². The molecular formula is C13H15NO2. The van der Waals surface area contributed by atoms with Crippen LogP contribution >= 0.6 is 0 Å². The summed E-state index contributed by atoms with van der Waals surface area (Å²) in [6.07, 6.45) is 0.520. The number of carbonyl (C=O) groups is 2. The average Bonchev–Trinajstić information content (AvgIpc) is 2.22. The minimum Gasteiger partial charge on any atom is -0.311 e. The van der Waals surface area contributed by atoms with E-state index >= 15 is 0 Å². The number of Topliss-reactive ketones (excluding diaryl/α,β-unsaturated/α-hetero) is 1. The third kappa shape index (κ3) is 1.98. The predicted octanol–water partition coefficient (Wildman–Crippen LogP) is 2.00. The van der Waals surface area contributed by atoms with Gasteiger partial charge in [-0.05, 0) is 31.0 Å². The SMILES string of the molecule is Cc1ccc(C)c(N2CCC(=O)CC2=O)c1. The summed E-state index contributed by atoms with van der Waals surface area (Å²) < 4.78 is 0. The number of carbonyl (C=O) groups excluding carboxylic acids is 2. The molecule has 0 unspecified atom stereocenters. The number of amides is 1. The van der Waals surface area contributed by atoms with E-state index in [2.05, 4.69) is 0 Å². The molecule has 1 saturated heterocycles. The fourth-order valence-corrected chi connectivity index (χ4v) is 1.98. The first kappa shape index (κ1) is 10.9. The van der Waals surface area contributed by atoms with Crippen molar-refractivity contribution in [3.8, 4) is 0 Å². The summed E-state index contributed by atoms with van der Waals surface area (Å²) >= 11 is 0. The largest absolute Gasteiger partial charge is 0.311 e. The van der Waals surface area contributed by atoms with Crippen molar-refractivity contribution in [2.45, 2.75) is 26.7 Å². The Morgan fingerprint density at radius 1 is 1.19 bits per heavy atom. The number of rotatable bonds is 1. The van der Waals surface area contributed by atoms with E-state index in [1.165, 1.54) is 0 Å². The van der Waals surface area contributed by atoms with Gasteiger partial charge >= 0.3 is 0 Å². The zero-order valence-corrected chi connectivity index (χ0v) is 9.62. The Morgan fingerprint density at radius 2 is 1.94 bits per heavy atom. The summed E-state index contributed by atoms with van der Waals surface area (Å²) in [7, 11) is 0.